The van der Waals surface area contributed by atoms with Crippen molar-refractivity contribution in [3.8, 4) is 0 Å². The highest BCUT2D eigenvalue weighted by Crippen LogP contribution is 2.35. The Bertz CT molecular complexity index is 1110. The van der Waals surface area contributed by atoms with Gasteiger partial charge in [0.15, 0.2) is 0 Å². The van der Waals surface area contributed by atoms with E-state index < -0.39 is 35.6 Å². The number of carboxylic acids is 1. The molecule has 0 saturated carbocycles. The van der Waals surface area contributed by atoms with Crippen molar-refractivity contribution in [2.45, 2.75) is 36.0 Å². The minimum absolute atomic E-state index is 0.0492. The maximum atomic E-state index is 13.1. The van der Waals surface area contributed by atoms with E-state index in [-0.39, 0.29) is 30.4 Å². The van der Waals surface area contributed by atoms with Crippen LogP contribution in [0.15, 0.2) is 47.4 Å². The van der Waals surface area contributed by atoms with Crippen LogP contribution in [0.1, 0.15) is 44.7 Å². The molecule has 2 aromatic carbocycles. The van der Waals surface area contributed by atoms with Gasteiger partial charge in [-0.05, 0) is 29.7 Å². The quantitative estimate of drug-likeness (QED) is 0.523. The van der Waals surface area contributed by atoms with Gasteiger partial charge in [-0.15, -0.1) is 11.8 Å². The largest absolute Gasteiger partial charge is 0.481 e. The van der Waals surface area contributed by atoms with Gasteiger partial charge in [0.1, 0.15) is 6.04 Å². The molecule has 1 fully saturated rings. The van der Waals surface area contributed by atoms with Crippen LogP contribution >= 0.6 is 11.8 Å². The number of nitrogens with one attached hydrogen (secondary N) is 1. The number of carbonyl (C=O) groups is 5. The topological polar surface area (TPSA) is 121 Å². The highest BCUT2D eigenvalue weighted by atomic mass is 32.2. The van der Waals surface area contributed by atoms with Crippen molar-refractivity contribution in [2.24, 2.45) is 0 Å². The number of thioether (sulfide) groups is 1. The second-order valence-electron chi connectivity index (χ2n) is 7.30. The second-order valence-corrected chi connectivity index (χ2v) is 8.32. The Morgan fingerprint density at radius 2 is 1.74 bits per heavy atom. The van der Waals surface area contributed by atoms with Gasteiger partial charge in [0.2, 0.25) is 11.8 Å². The summed E-state index contributed by atoms with van der Waals surface area (Å²) in [5.41, 5.74) is 2.15. The first kappa shape index (κ1) is 20.8. The molecule has 158 valence electrons. The van der Waals surface area contributed by atoms with E-state index in [0.29, 0.717) is 16.2 Å². The summed E-state index contributed by atoms with van der Waals surface area (Å²) in [5, 5.41) is 11.0. The number of piperidine rings is 1. The highest BCUT2D eigenvalue weighted by molar-refractivity contribution is 7.98. The molecule has 4 amide bonds. The number of fused-ring (bicyclic) bond motifs is 1. The Hall–Kier alpha value is -3.46. The first-order chi connectivity index (χ1) is 14.8. The molecule has 1 atom stereocenters. The van der Waals surface area contributed by atoms with Crippen molar-refractivity contribution in [1.82, 2.24) is 10.2 Å². The van der Waals surface area contributed by atoms with Crippen LogP contribution < -0.4 is 5.32 Å². The molecule has 9 heteroatoms. The molecule has 2 N–H and O–H groups in total. The van der Waals surface area contributed by atoms with Crippen LogP contribution in [0.4, 0.5) is 0 Å². The van der Waals surface area contributed by atoms with Gasteiger partial charge in [-0.25, -0.2) is 0 Å². The van der Waals surface area contributed by atoms with E-state index in [2.05, 4.69) is 5.32 Å². The van der Waals surface area contributed by atoms with Crippen LogP contribution in [0.3, 0.4) is 0 Å². The molecule has 2 aromatic rings. The van der Waals surface area contributed by atoms with E-state index >= 15 is 0 Å². The van der Waals surface area contributed by atoms with E-state index in [1.54, 1.807) is 30.3 Å². The number of aliphatic carboxylic acids is 1. The van der Waals surface area contributed by atoms with Crippen molar-refractivity contribution in [1.29, 1.82) is 0 Å². The predicted molar refractivity (Wildman–Crippen MR) is 110 cm³/mol. The molecule has 1 unspecified atom stereocenters. The zero-order valence-electron chi connectivity index (χ0n) is 16.3. The summed E-state index contributed by atoms with van der Waals surface area (Å²) in [5.74, 6) is -2.50. The summed E-state index contributed by atoms with van der Waals surface area (Å²) in [6.45, 7) is 0. The molecule has 0 bridgehead atoms. The smallest absolute Gasteiger partial charge is 0.307 e. The molecule has 4 rings (SSSR count). The molecule has 0 aliphatic carbocycles. The molecule has 1 saturated heterocycles. The Morgan fingerprint density at radius 1 is 1.03 bits per heavy atom. The summed E-state index contributed by atoms with van der Waals surface area (Å²) in [6, 6.07) is 11.2. The molecular formula is C22H18N2O6S. The first-order valence-electron chi connectivity index (χ1n) is 9.62. The van der Waals surface area contributed by atoms with Gasteiger partial charge in [-0.2, -0.15) is 0 Å². The van der Waals surface area contributed by atoms with Gasteiger partial charge in [0.25, 0.3) is 11.8 Å². The summed E-state index contributed by atoms with van der Waals surface area (Å²) in [6.07, 6.45) is 0.136. The first-order valence-corrected chi connectivity index (χ1v) is 10.6. The van der Waals surface area contributed by atoms with Gasteiger partial charge in [-0.3, -0.25) is 34.2 Å². The lowest BCUT2D eigenvalue weighted by atomic mass is 10.0. The number of imide groups is 2. The standard InChI is InChI=1S/C22H18N2O6S/c25-17-9-8-15(20(28)23-17)24-21(29)14-2-1-3-16(19(14)22(24)30)31-11-13-6-4-12(5-7-13)10-18(26)27/h1-7,15H,8-11H2,(H,26,27)(H,23,25,28). The van der Waals surface area contributed by atoms with Crippen molar-refractivity contribution < 1.29 is 29.1 Å². The molecule has 8 nitrogen and oxygen atoms in total. The third kappa shape index (κ3) is 4.09. The fraction of sp³-hybridized carbons (Fsp3) is 0.227. The Kier molecular flexibility index (Phi) is 5.60. The van der Waals surface area contributed by atoms with Gasteiger partial charge >= 0.3 is 5.97 Å². The van der Waals surface area contributed by atoms with Crippen LogP contribution in [-0.4, -0.2) is 45.6 Å². The predicted octanol–water partition coefficient (Wildman–Crippen LogP) is 2.01. The summed E-state index contributed by atoms with van der Waals surface area (Å²) < 4.78 is 0. The lowest BCUT2D eigenvalue weighted by molar-refractivity contribution is -0.137. The monoisotopic (exact) mass is 438 g/mol. The molecular weight excluding hydrogens is 420 g/mol. The van der Waals surface area contributed by atoms with E-state index in [1.807, 2.05) is 12.1 Å². The Balaban J connectivity index is 1.53. The number of hydrogen-bond donors (Lipinski definition) is 2. The Labute approximate surface area is 181 Å². The number of rotatable bonds is 6. The van der Waals surface area contributed by atoms with E-state index in [0.717, 1.165) is 10.5 Å². The minimum atomic E-state index is -0.996. The molecule has 31 heavy (non-hydrogen) atoms. The van der Waals surface area contributed by atoms with Gasteiger partial charge in [0, 0.05) is 17.1 Å². The van der Waals surface area contributed by atoms with Crippen LogP contribution in [0.5, 0.6) is 0 Å². The highest BCUT2D eigenvalue weighted by Gasteiger charge is 2.45. The second kappa shape index (κ2) is 8.35. The van der Waals surface area contributed by atoms with Gasteiger partial charge in [-0.1, -0.05) is 30.3 Å². The summed E-state index contributed by atoms with van der Waals surface area (Å²) >= 11 is 1.38. The van der Waals surface area contributed by atoms with Crippen LogP contribution in [0.25, 0.3) is 0 Å². The number of hydrogen-bond acceptors (Lipinski definition) is 6. The van der Waals surface area contributed by atoms with E-state index in [4.69, 9.17) is 5.11 Å². The molecule has 2 aliphatic heterocycles. The zero-order valence-corrected chi connectivity index (χ0v) is 17.1. The van der Waals surface area contributed by atoms with Crippen molar-refractivity contribution in [3.63, 3.8) is 0 Å². The van der Waals surface area contributed by atoms with Crippen LogP contribution in [0, 0.1) is 0 Å². The van der Waals surface area contributed by atoms with Crippen LogP contribution in [0.2, 0.25) is 0 Å². The third-order valence-corrected chi connectivity index (χ3v) is 6.33. The number of nitrogens with zero attached hydrogens (tertiary/aromatic N) is 1. The van der Waals surface area contributed by atoms with Gasteiger partial charge < -0.3 is 5.11 Å². The molecule has 2 heterocycles. The number of carboxylic acid groups (broad SMARTS) is 1. The lowest BCUT2D eigenvalue weighted by Gasteiger charge is -2.27. The molecule has 0 spiro atoms. The maximum Gasteiger partial charge on any atom is 0.307 e. The lowest BCUT2D eigenvalue weighted by Crippen LogP contribution is -2.54. The number of carbonyl (C=O) groups excluding carboxylic acids is 4. The average molecular weight is 438 g/mol. The number of amides is 4. The van der Waals surface area contributed by atoms with E-state index in [1.165, 1.54) is 11.8 Å². The molecule has 0 radical (unpaired) electrons. The summed E-state index contributed by atoms with van der Waals surface area (Å²) in [7, 11) is 0. The van der Waals surface area contributed by atoms with Gasteiger partial charge in [0.05, 0.1) is 17.5 Å². The van der Waals surface area contributed by atoms with E-state index in [9.17, 15) is 24.0 Å². The zero-order chi connectivity index (χ0) is 22.1. The number of benzene rings is 2. The van der Waals surface area contributed by atoms with Crippen molar-refractivity contribution in [3.05, 3.63) is 64.7 Å². The minimum Gasteiger partial charge on any atom is -0.481 e. The Morgan fingerprint density at radius 3 is 2.42 bits per heavy atom. The summed E-state index contributed by atoms with van der Waals surface area (Å²) in [4.78, 5) is 61.9. The fourth-order valence-electron chi connectivity index (χ4n) is 3.69. The van der Waals surface area contributed by atoms with Crippen molar-refractivity contribution >= 4 is 41.4 Å². The normalized spacial score (nSPS) is 18.2. The SMILES string of the molecule is O=C(O)Cc1ccc(CSc2cccc3c2C(=O)N(C2CCC(=O)NC2=O)C3=O)cc1. The van der Waals surface area contributed by atoms with Crippen LogP contribution in [-0.2, 0) is 26.6 Å². The molecule has 2 aliphatic rings. The molecule has 0 aromatic heterocycles. The third-order valence-electron chi connectivity index (χ3n) is 5.20. The fourth-order valence-corrected chi connectivity index (χ4v) is 4.72. The maximum absolute atomic E-state index is 13.1. The average Bonchev–Trinajstić information content (AvgIpc) is 2.98. The van der Waals surface area contributed by atoms with Crippen molar-refractivity contribution in [2.75, 3.05) is 0 Å².